The number of hydrogen-bond donors (Lipinski definition) is 4. The fraction of sp³-hybridized carbons (Fsp3) is 0.250. The van der Waals surface area contributed by atoms with Crippen LogP contribution >= 0.6 is 0 Å². The predicted octanol–water partition coefficient (Wildman–Crippen LogP) is -1.33. The number of rotatable bonds is 6. The first-order valence-electron chi connectivity index (χ1n) is 4.02. The zero-order chi connectivity index (χ0) is 12.7. The van der Waals surface area contributed by atoms with E-state index in [4.69, 9.17) is 15.3 Å². The number of carboxylic acids is 3. The molecule has 88 valence electrons. The second-order valence-electron chi connectivity index (χ2n) is 2.60. The summed E-state index contributed by atoms with van der Waals surface area (Å²) in [6, 6.07) is 0. The van der Waals surface area contributed by atoms with Crippen LogP contribution in [0.4, 0.5) is 0 Å². The van der Waals surface area contributed by atoms with Gasteiger partial charge >= 0.3 is 17.9 Å². The van der Waals surface area contributed by atoms with Gasteiger partial charge < -0.3 is 20.6 Å². The van der Waals surface area contributed by atoms with Gasteiger partial charge in [-0.3, -0.25) is 9.59 Å². The van der Waals surface area contributed by atoms with Crippen LogP contribution in [0.5, 0.6) is 0 Å². The van der Waals surface area contributed by atoms with Gasteiger partial charge in [0, 0.05) is 12.6 Å². The summed E-state index contributed by atoms with van der Waals surface area (Å²) in [7, 11) is 0. The lowest BCUT2D eigenvalue weighted by Crippen LogP contribution is -2.30. The van der Waals surface area contributed by atoms with Crippen LogP contribution in [0.3, 0.4) is 0 Å². The molecule has 0 rings (SSSR count). The van der Waals surface area contributed by atoms with Crippen molar-refractivity contribution in [2.45, 2.75) is 6.42 Å². The molecule has 0 radical (unpaired) electrons. The minimum Gasteiger partial charge on any atom is -0.481 e. The Morgan fingerprint density at radius 3 is 2.00 bits per heavy atom. The summed E-state index contributed by atoms with van der Waals surface area (Å²) < 4.78 is 0. The largest absolute Gasteiger partial charge is 0.481 e. The van der Waals surface area contributed by atoms with Crippen LogP contribution in [0.2, 0.25) is 0 Å². The van der Waals surface area contributed by atoms with Crippen LogP contribution in [-0.4, -0.2) is 45.7 Å². The third kappa shape index (κ3) is 5.37. The summed E-state index contributed by atoms with van der Waals surface area (Å²) in [6.07, 6.45) is -0.149. The molecule has 0 atom stereocenters. The number of carbonyl (C=O) groups excluding carboxylic acids is 1. The molecule has 0 saturated heterocycles. The molecule has 16 heavy (non-hydrogen) atoms. The maximum Gasteiger partial charge on any atom is 0.341 e. The summed E-state index contributed by atoms with van der Waals surface area (Å²) in [5.41, 5.74) is -0.960. The third-order valence-electron chi connectivity index (χ3n) is 1.37. The highest BCUT2D eigenvalue weighted by Crippen LogP contribution is 1.95. The first-order chi connectivity index (χ1) is 7.34. The van der Waals surface area contributed by atoms with E-state index in [1.807, 2.05) is 5.32 Å². The Balaban J connectivity index is 4.47. The SMILES string of the molecule is O=C(O)/C=C(/C(=O)O)C(=O)NCCC(=O)O. The van der Waals surface area contributed by atoms with Crippen LogP contribution in [0.25, 0.3) is 0 Å². The smallest absolute Gasteiger partial charge is 0.341 e. The van der Waals surface area contributed by atoms with E-state index in [0.29, 0.717) is 0 Å². The van der Waals surface area contributed by atoms with Gasteiger partial charge in [-0.15, -0.1) is 0 Å². The predicted molar refractivity (Wildman–Crippen MR) is 48.6 cm³/mol. The van der Waals surface area contributed by atoms with E-state index in [1.54, 1.807) is 0 Å². The molecule has 0 spiro atoms. The number of nitrogens with one attached hydrogen (secondary N) is 1. The maximum absolute atomic E-state index is 11.1. The average molecular weight is 231 g/mol. The van der Waals surface area contributed by atoms with Crippen molar-refractivity contribution < 1.29 is 34.5 Å². The molecule has 0 heterocycles. The molecule has 0 aliphatic rings. The number of carboxylic acid groups (broad SMARTS) is 3. The molecule has 8 heteroatoms. The van der Waals surface area contributed by atoms with Gasteiger partial charge in [0.05, 0.1) is 6.42 Å². The molecular formula is C8H9NO7. The molecule has 0 aromatic heterocycles. The summed E-state index contributed by atoms with van der Waals surface area (Å²) in [4.78, 5) is 41.8. The highest BCUT2D eigenvalue weighted by molar-refractivity contribution is 6.18. The molecule has 4 N–H and O–H groups in total. The number of carbonyl (C=O) groups is 4. The van der Waals surface area contributed by atoms with Gasteiger partial charge in [0.15, 0.2) is 0 Å². The third-order valence-corrected chi connectivity index (χ3v) is 1.37. The van der Waals surface area contributed by atoms with Crippen molar-refractivity contribution in [3.05, 3.63) is 11.6 Å². The monoisotopic (exact) mass is 231 g/mol. The van der Waals surface area contributed by atoms with Crippen molar-refractivity contribution >= 4 is 23.8 Å². The number of amides is 1. The Hall–Kier alpha value is -2.38. The second-order valence-corrected chi connectivity index (χ2v) is 2.60. The zero-order valence-corrected chi connectivity index (χ0v) is 7.97. The Labute approximate surface area is 89.2 Å². The average Bonchev–Trinajstić information content (AvgIpc) is 2.12. The van der Waals surface area contributed by atoms with Crippen LogP contribution < -0.4 is 5.32 Å². The quantitative estimate of drug-likeness (QED) is 0.252. The van der Waals surface area contributed by atoms with Crippen LogP contribution in [0.1, 0.15) is 6.42 Å². The van der Waals surface area contributed by atoms with Crippen LogP contribution in [-0.2, 0) is 19.2 Å². The van der Waals surface area contributed by atoms with Gasteiger partial charge in [0.1, 0.15) is 5.57 Å². The Kier molecular flexibility index (Phi) is 5.25. The highest BCUT2D eigenvalue weighted by Gasteiger charge is 2.18. The van der Waals surface area contributed by atoms with Crippen molar-refractivity contribution in [2.24, 2.45) is 0 Å². The molecule has 0 aliphatic carbocycles. The number of hydrogen-bond acceptors (Lipinski definition) is 4. The van der Waals surface area contributed by atoms with E-state index in [2.05, 4.69) is 0 Å². The van der Waals surface area contributed by atoms with Gasteiger partial charge in [-0.1, -0.05) is 0 Å². The Morgan fingerprint density at radius 2 is 1.62 bits per heavy atom. The van der Waals surface area contributed by atoms with Crippen LogP contribution in [0.15, 0.2) is 11.6 Å². The molecule has 0 saturated carbocycles. The minimum atomic E-state index is -1.70. The Bertz CT molecular complexity index is 357. The minimum absolute atomic E-state index is 0.235. The fourth-order valence-corrected chi connectivity index (χ4v) is 0.726. The molecule has 0 aromatic rings. The van der Waals surface area contributed by atoms with E-state index in [1.165, 1.54) is 0 Å². The molecule has 0 unspecified atom stereocenters. The summed E-state index contributed by atoms with van der Waals surface area (Å²) in [5, 5.41) is 27.0. The molecule has 0 aliphatic heterocycles. The molecule has 0 fully saturated rings. The van der Waals surface area contributed by atoms with E-state index in [0.717, 1.165) is 0 Å². The topological polar surface area (TPSA) is 141 Å². The molecule has 0 aromatic carbocycles. The van der Waals surface area contributed by atoms with Gasteiger partial charge in [-0.05, 0) is 0 Å². The van der Waals surface area contributed by atoms with E-state index in [9.17, 15) is 19.2 Å². The van der Waals surface area contributed by atoms with Gasteiger partial charge in [-0.25, -0.2) is 9.59 Å². The van der Waals surface area contributed by atoms with Crippen molar-refractivity contribution in [3.63, 3.8) is 0 Å². The standard InChI is InChI=1S/C8H9NO7/c10-5(11)1-2-9-7(14)4(8(15)16)3-6(12)13/h3H,1-2H2,(H,9,14)(H,10,11)(H,12,13)(H,15,16)/b4-3+. The lowest BCUT2D eigenvalue weighted by atomic mass is 10.2. The van der Waals surface area contributed by atoms with E-state index < -0.39 is 29.4 Å². The first kappa shape index (κ1) is 13.6. The molecule has 8 nitrogen and oxygen atoms in total. The zero-order valence-electron chi connectivity index (χ0n) is 7.97. The van der Waals surface area contributed by atoms with E-state index in [-0.39, 0.29) is 19.0 Å². The Morgan fingerprint density at radius 1 is 1.06 bits per heavy atom. The van der Waals surface area contributed by atoms with Gasteiger partial charge in [0.25, 0.3) is 5.91 Å². The van der Waals surface area contributed by atoms with Gasteiger partial charge in [-0.2, -0.15) is 0 Å². The van der Waals surface area contributed by atoms with Crippen molar-refractivity contribution in [1.82, 2.24) is 5.32 Å². The lowest BCUT2D eigenvalue weighted by molar-refractivity contribution is -0.137. The first-order valence-corrected chi connectivity index (χ1v) is 4.02. The van der Waals surface area contributed by atoms with Crippen LogP contribution in [0, 0.1) is 0 Å². The van der Waals surface area contributed by atoms with Crippen molar-refractivity contribution in [1.29, 1.82) is 0 Å². The van der Waals surface area contributed by atoms with Crippen molar-refractivity contribution in [2.75, 3.05) is 6.54 Å². The normalized spacial score (nSPS) is 10.6. The molecule has 0 bridgehead atoms. The summed E-state index contributed by atoms with van der Waals surface area (Å²) in [6.45, 7) is -0.279. The summed E-state index contributed by atoms with van der Waals surface area (Å²) >= 11 is 0. The highest BCUT2D eigenvalue weighted by atomic mass is 16.4. The number of aliphatic carboxylic acids is 3. The van der Waals surface area contributed by atoms with Gasteiger partial charge in [0.2, 0.25) is 0 Å². The second kappa shape index (κ2) is 6.17. The molecule has 1 amide bonds. The van der Waals surface area contributed by atoms with Crippen molar-refractivity contribution in [3.8, 4) is 0 Å². The lowest BCUT2D eigenvalue weighted by Gasteiger charge is -2.02. The molecular weight excluding hydrogens is 222 g/mol. The van der Waals surface area contributed by atoms with E-state index >= 15 is 0 Å². The summed E-state index contributed by atoms with van der Waals surface area (Å²) in [5.74, 6) is -5.59. The fourth-order valence-electron chi connectivity index (χ4n) is 0.726. The maximum atomic E-state index is 11.1.